The van der Waals surface area contributed by atoms with Crippen molar-refractivity contribution in [1.29, 1.82) is 0 Å². The van der Waals surface area contributed by atoms with E-state index in [1.807, 2.05) is 32.0 Å². The minimum Gasteiger partial charge on any atom is -0.492 e. The van der Waals surface area contributed by atoms with Crippen LogP contribution >= 0.6 is 0 Å². The summed E-state index contributed by atoms with van der Waals surface area (Å²) in [6, 6.07) is 12.4. The van der Waals surface area contributed by atoms with Crippen LogP contribution in [0.25, 0.3) is 5.69 Å². The summed E-state index contributed by atoms with van der Waals surface area (Å²) in [5.74, 6) is 0.300. The number of benzene rings is 2. The van der Waals surface area contributed by atoms with E-state index < -0.39 is 15.6 Å². The van der Waals surface area contributed by atoms with E-state index >= 15 is 0 Å². The molecular formula is C24H31N3O4S. The van der Waals surface area contributed by atoms with Crippen LogP contribution in [0.2, 0.25) is 0 Å². The molecule has 3 rings (SSSR count). The number of nitrogens with one attached hydrogen (secondary N) is 1. The molecule has 7 nitrogen and oxygen atoms in total. The summed E-state index contributed by atoms with van der Waals surface area (Å²) in [4.78, 5) is 13.2. The molecule has 0 aliphatic rings. The van der Waals surface area contributed by atoms with Crippen molar-refractivity contribution in [1.82, 2.24) is 9.36 Å². The Bertz CT molecular complexity index is 1260. The Hall–Kier alpha value is -3.00. The zero-order chi connectivity index (χ0) is 23.5. The van der Waals surface area contributed by atoms with Gasteiger partial charge in [-0.2, -0.15) is 0 Å². The van der Waals surface area contributed by atoms with Gasteiger partial charge in [0.1, 0.15) is 16.3 Å². The molecule has 0 aliphatic heterocycles. The number of para-hydroxylation sites is 1. The number of unbranched alkanes of at least 4 members (excludes halogenated alkanes) is 2. The third-order valence-electron chi connectivity index (χ3n) is 5.65. The highest BCUT2D eigenvalue weighted by Crippen LogP contribution is 2.30. The molecule has 2 aromatic carbocycles. The lowest BCUT2D eigenvalue weighted by Gasteiger charge is -2.15. The van der Waals surface area contributed by atoms with E-state index in [-0.39, 0.29) is 10.6 Å². The Balaban J connectivity index is 2.02. The zero-order valence-electron chi connectivity index (χ0n) is 19.3. The number of anilines is 1. The molecule has 0 aliphatic carbocycles. The average molecular weight is 458 g/mol. The third kappa shape index (κ3) is 4.75. The van der Waals surface area contributed by atoms with Crippen LogP contribution in [0.3, 0.4) is 0 Å². The molecule has 0 saturated carbocycles. The number of hydrogen-bond donors (Lipinski definition) is 1. The van der Waals surface area contributed by atoms with Crippen LogP contribution in [0.5, 0.6) is 5.75 Å². The molecule has 1 aromatic heterocycles. The highest BCUT2D eigenvalue weighted by atomic mass is 32.2. The number of sulfonamides is 1. The van der Waals surface area contributed by atoms with Gasteiger partial charge in [-0.15, -0.1) is 0 Å². The van der Waals surface area contributed by atoms with Crippen molar-refractivity contribution in [3.8, 4) is 11.4 Å². The molecule has 0 radical (unpaired) electrons. The smallest absolute Gasteiger partial charge is 0.296 e. The van der Waals surface area contributed by atoms with Crippen molar-refractivity contribution >= 4 is 15.7 Å². The van der Waals surface area contributed by atoms with Gasteiger partial charge in [-0.25, -0.2) is 13.1 Å². The molecule has 1 heterocycles. The van der Waals surface area contributed by atoms with Gasteiger partial charge >= 0.3 is 0 Å². The normalized spacial score (nSPS) is 11.5. The van der Waals surface area contributed by atoms with Gasteiger partial charge in [-0.3, -0.25) is 14.2 Å². The lowest BCUT2D eigenvalue weighted by Crippen LogP contribution is -2.23. The number of aromatic nitrogens is 2. The third-order valence-corrected chi connectivity index (χ3v) is 7.02. The van der Waals surface area contributed by atoms with Gasteiger partial charge in [0.2, 0.25) is 0 Å². The summed E-state index contributed by atoms with van der Waals surface area (Å²) in [6.45, 7) is 8.01. The van der Waals surface area contributed by atoms with Crippen LogP contribution in [0.4, 0.5) is 5.69 Å². The van der Waals surface area contributed by atoms with Crippen LogP contribution in [-0.4, -0.2) is 24.4 Å². The fourth-order valence-electron chi connectivity index (χ4n) is 3.50. The highest BCUT2D eigenvalue weighted by molar-refractivity contribution is 7.92. The van der Waals surface area contributed by atoms with E-state index in [4.69, 9.17) is 4.74 Å². The van der Waals surface area contributed by atoms with E-state index in [0.717, 1.165) is 30.4 Å². The topological polar surface area (TPSA) is 82.3 Å². The molecule has 0 saturated heterocycles. The molecule has 0 atom stereocenters. The second kappa shape index (κ2) is 9.65. The maximum absolute atomic E-state index is 13.4. The zero-order valence-corrected chi connectivity index (χ0v) is 20.1. The van der Waals surface area contributed by atoms with Gasteiger partial charge in [0.25, 0.3) is 15.6 Å². The Morgan fingerprint density at radius 3 is 2.31 bits per heavy atom. The SMILES string of the molecule is CCCCCOc1cc(C)c(C)cc1S(=O)(=O)Nc1c(C)n(C)n(-c2ccccc2)c1=O. The maximum atomic E-state index is 13.4. The summed E-state index contributed by atoms with van der Waals surface area (Å²) in [5, 5.41) is 0. The van der Waals surface area contributed by atoms with Crippen molar-refractivity contribution in [2.24, 2.45) is 7.05 Å². The molecular weight excluding hydrogens is 426 g/mol. The number of nitrogens with zero attached hydrogens (tertiary/aromatic N) is 2. The van der Waals surface area contributed by atoms with E-state index in [1.165, 1.54) is 4.68 Å². The molecule has 172 valence electrons. The summed E-state index contributed by atoms with van der Waals surface area (Å²) in [7, 11) is -2.34. The van der Waals surface area contributed by atoms with E-state index in [1.54, 1.807) is 42.9 Å². The van der Waals surface area contributed by atoms with Crippen LogP contribution in [0.1, 0.15) is 43.0 Å². The average Bonchev–Trinajstić information content (AvgIpc) is 2.96. The maximum Gasteiger partial charge on any atom is 0.296 e. The Labute approximate surface area is 189 Å². The molecule has 0 unspecified atom stereocenters. The Morgan fingerprint density at radius 2 is 1.66 bits per heavy atom. The first kappa shape index (κ1) is 23.7. The minimum atomic E-state index is -4.06. The fourth-order valence-corrected chi connectivity index (χ4v) is 4.82. The van der Waals surface area contributed by atoms with Gasteiger partial charge < -0.3 is 4.74 Å². The van der Waals surface area contributed by atoms with Crippen molar-refractivity contribution in [2.45, 2.75) is 51.9 Å². The number of ether oxygens (including phenoxy) is 1. The van der Waals surface area contributed by atoms with Gasteiger partial charge in [-0.1, -0.05) is 38.0 Å². The number of hydrogen-bond acceptors (Lipinski definition) is 4. The molecule has 1 N–H and O–H groups in total. The first-order valence-electron chi connectivity index (χ1n) is 10.8. The Kier molecular flexibility index (Phi) is 7.13. The molecule has 0 spiro atoms. The van der Waals surface area contributed by atoms with Crippen molar-refractivity contribution < 1.29 is 13.2 Å². The van der Waals surface area contributed by atoms with E-state index in [2.05, 4.69) is 11.6 Å². The van der Waals surface area contributed by atoms with Crippen molar-refractivity contribution in [3.63, 3.8) is 0 Å². The standard InChI is InChI=1S/C24H31N3O4S/c1-6-7-11-14-31-21-15-17(2)18(3)16-22(21)32(29,30)25-23-19(4)26(5)27(24(23)28)20-12-9-8-10-13-20/h8-10,12-13,15-16,25H,6-7,11,14H2,1-5H3. The van der Waals surface area contributed by atoms with Gasteiger partial charge in [0, 0.05) is 7.05 Å². The fraction of sp³-hybridized carbons (Fsp3) is 0.375. The molecule has 8 heteroatoms. The molecule has 32 heavy (non-hydrogen) atoms. The lowest BCUT2D eigenvalue weighted by atomic mass is 10.1. The van der Waals surface area contributed by atoms with Crippen molar-refractivity contribution in [2.75, 3.05) is 11.3 Å². The first-order valence-corrected chi connectivity index (χ1v) is 12.3. The largest absolute Gasteiger partial charge is 0.492 e. The number of aryl methyl sites for hydroxylation is 2. The predicted octanol–water partition coefficient (Wildman–Crippen LogP) is 4.47. The second-order valence-corrected chi connectivity index (χ2v) is 9.63. The highest BCUT2D eigenvalue weighted by Gasteiger charge is 2.26. The lowest BCUT2D eigenvalue weighted by molar-refractivity contribution is 0.298. The number of rotatable bonds is 9. The van der Waals surface area contributed by atoms with Gasteiger partial charge in [0.05, 0.1) is 18.0 Å². The first-order chi connectivity index (χ1) is 15.2. The van der Waals surface area contributed by atoms with E-state index in [9.17, 15) is 13.2 Å². The molecule has 3 aromatic rings. The summed E-state index contributed by atoms with van der Waals surface area (Å²) < 4.78 is 38.2. The van der Waals surface area contributed by atoms with Crippen LogP contribution in [-0.2, 0) is 17.1 Å². The quantitative estimate of drug-likeness (QED) is 0.481. The minimum absolute atomic E-state index is 0.0199. The molecule has 0 fully saturated rings. The van der Waals surface area contributed by atoms with Crippen LogP contribution in [0.15, 0.2) is 52.2 Å². The summed E-state index contributed by atoms with van der Waals surface area (Å²) in [5.41, 5.74) is 2.52. The summed E-state index contributed by atoms with van der Waals surface area (Å²) >= 11 is 0. The van der Waals surface area contributed by atoms with E-state index in [0.29, 0.717) is 23.7 Å². The van der Waals surface area contributed by atoms with Gasteiger partial charge in [0.15, 0.2) is 0 Å². The van der Waals surface area contributed by atoms with Gasteiger partial charge in [-0.05, 0) is 62.6 Å². The molecule has 0 bridgehead atoms. The van der Waals surface area contributed by atoms with Crippen molar-refractivity contribution in [3.05, 3.63) is 69.6 Å². The second-order valence-electron chi connectivity index (χ2n) is 7.98. The monoisotopic (exact) mass is 457 g/mol. The van der Waals surface area contributed by atoms with Crippen LogP contribution < -0.4 is 15.0 Å². The predicted molar refractivity (Wildman–Crippen MR) is 127 cm³/mol. The Morgan fingerprint density at radius 1 is 1.00 bits per heavy atom. The van der Waals surface area contributed by atoms with Crippen LogP contribution in [0, 0.1) is 20.8 Å². The summed E-state index contributed by atoms with van der Waals surface area (Å²) in [6.07, 6.45) is 2.90. The molecule has 0 amide bonds.